The van der Waals surface area contributed by atoms with Crippen LogP contribution in [0.3, 0.4) is 0 Å². The molecule has 0 unspecified atom stereocenters. The first kappa shape index (κ1) is 27.4. The summed E-state index contributed by atoms with van der Waals surface area (Å²) in [5.41, 5.74) is 4.18. The zero-order chi connectivity index (χ0) is 27.3. The molecule has 0 saturated heterocycles. The highest BCUT2D eigenvalue weighted by Crippen LogP contribution is 2.34. The Morgan fingerprint density at radius 2 is 1.50 bits per heavy atom. The molecule has 0 aliphatic carbocycles. The summed E-state index contributed by atoms with van der Waals surface area (Å²) in [5, 5.41) is 0.696. The van der Waals surface area contributed by atoms with E-state index in [2.05, 4.69) is 16.9 Å². The number of aromatic nitrogens is 2. The van der Waals surface area contributed by atoms with E-state index in [0.717, 1.165) is 33.8 Å². The fourth-order valence-electron chi connectivity index (χ4n) is 4.37. The number of halogens is 3. The molecule has 1 atom stereocenters. The summed E-state index contributed by atoms with van der Waals surface area (Å²) >= 11 is 6.43. The molecule has 0 spiro atoms. The Morgan fingerprint density at radius 3 is 2.11 bits per heavy atom. The third-order valence-electron chi connectivity index (χ3n) is 6.80. The molecule has 0 radical (unpaired) electrons. The molecule has 38 heavy (non-hydrogen) atoms. The van der Waals surface area contributed by atoms with Crippen LogP contribution in [0.5, 0.6) is 0 Å². The van der Waals surface area contributed by atoms with Crippen LogP contribution in [0.25, 0.3) is 11.3 Å². The first-order valence-electron chi connectivity index (χ1n) is 12.6. The quantitative estimate of drug-likeness (QED) is 0.208. The third kappa shape index (κ3) is 6.25. The van der Waals surface area contributed by atoms with Crippen LogP contribution < -0.4 is 4.90 Å². The lowest BCUT2D eigenvalue weighted by Gasteiger charge is -2.28. The maximum atomic E-state index is 13.8. The van der Waals surface area contributed by atoms with E-state index in [1.54, 1.807) is 24.5 Å². The van der Waals surface area contributed by atoms with Crippen LogP contribution in [-0.2, 0) is 23.6 Å². The lowest BCUT2D eigenvalue weighted by molar-refractivity contribution is -0.117. The fourth-order valence-corrected chi connectivity index (χ4v) is 4.66. The van der Waals surface area contributed by atoms with E-state index in [9.17, 15) is 13.6 Å². The molecule has 0 aliphatic rings. The van der Waals surface area contributed by atoms with E-state index in [-0.39, 0.29) is 36.7 Å². The number of alkyl halides is 2. The number of carbonyl (C=O) groups excluding carboxylic acids is 1. The molecular formula is C31H30ClF2N3O. The Bertz CT molecular complexity index is 1390. The molecular weight excluding hydrogens is 504 g/mol. The second kappa shape index (κ2) is 11.8. The molecule has 7 heteroatoms. The van der Waals surface area contributed by atoms with E-state index < -0.39 is 5.92 Å². The van der Waals surface area contributed by atoms with Crippen LogP contribution in [0.2, 0.25) is 5.02 Å². The van der Waals surface area contributed by atoms with Gasteiger partial charge in [0, 0.05) is 54.9 Å². The van der Waals surface area contributed by atoms with E-state index in [4.69, 9.17) is 11.6 Å². The second-order valence-corrected chi connectivity index (χ2v) is 9.79. The SMILES string of the molecule is CCC(F)(F)c1ccc(CC(=O)Cc2ccc(-c3nccnc3N(C)[C@@H](C)c3ccccc3Cl)cc2)cc1. The van der Waals surface area contributed by atoms with Gasteiger partial charge in [0.25, 0.3) is 5.92 Å². The number of Topliss-reactive ketones (excluding diaryl/α,β-unsaturated/α-hetero) is 1. The standard InChI is InChI=1S/C31H30ClF2N3O/c1-4-31(33,34)25-15-11-23(12-16-25)20-26(38)19-22-9-13-24(14-10-22)29-30(36-18-17-35-29)37(3)21(2)27-7-5-6-8-28(27)32/h5-18,21H,4,19-20H2,1-3H3/t21-/m0/s1. The Balaban J connectivity index is 1.45. The van der Waals surface area contributed by atoms with Crippen molar-refractivity contribution in [1.29, 1.82) is 0 Å². The highest BCUT2D eigenvalue weighted by atomic mass is 35.5. The van der Waals surface area contributed by atoms with Crippen LogP contribution in [0.4, 0.5) is 14.6 Å². The zero-order valence-corrected chi connectivity index (χ0v) is 22.4. The van der Waals surface area contributed by atoms with E-state index in [1.165, 1.54) is 19.1 Å². The minimum atomic E-state index is -2.85. The van der Waals surface area contributed by atoms with E-state index >= 15 is 0 Å². The van der Waals surface area contributed by atoms with Gasteiger partial charge in [-0.05, 0) is 29.7 Å². The number of nitrogens with zero attached hydrogens (tertiary/aromatic N) is 3. The molecule has 4 rings (SSSR count). The Hall–Kier alpha value is -3.64. The van der Waals surface area contributed by atoms with Crippen molar-refractivity contribution in [3.05, 3.63) is 112 Å². The van der Waals surface area contributed by atoms with Gasteiger partial charge < -0.3 is 4.90 Å². The topological polar surface area (TPSA) is 46.1 Å². The van der Waals surface area contributed by atoms with Crippen molar-refractivity contribution < 1.29 is 13.6 Å². The van der Waals surface area contributed by atoms with Crippen LogP contribution >= 0.6 is 11.6 Å². The highest BCUT2D eigenvalue weighted by molar-refractivity contribution is 6.31. The van der Waals surface area contributed by atoms with E-state index in [1.807, 2.05) is 60.5 Å². The van der Waals surface area contributed by atoms with Crippen LogP contribution in [-0.4, -0.2) is 22.8 Å². The van der Waals surface area contributed by atoms with Gasteiger partial charge in [0.2, 0.25) is 0 Å². The van der Waals surface area contributed by atoms with Gasteiger partial charge in [0.05, 0.1) is 6.04 Å². The second-order valence-electron chi connectivity index (χ2n) is 9.38. The lowest BCUT2D eigenvalue weighted by Crippen LogP contribution is -2.24. The monoisotopic (exact) mass is 533 g/mol. The van der Waals surface area contributed by atoms with Gasteiger partial charge in [0.15, 0.2) is 5.82 Å². The van der Waals surface area contributed by atoms with Crippen LogP contribution in [0.1, 0.15) is 48.6 Å². The summed E-state index contributed by atoms with van der Waals surface area (Å²) in [6, 6.07) is 21.4. The summed E-state index contributed by atoms with van der Waals surface area (Å²) in [6.45, 7) is 3.52. The first-order chi connectivity index (χ1) is 18.2. The minimum absolute atomic E-state index is 0.0150. The average molecular weight is 534 g/mol. The number of rotatable bonds is 10. The number of anilines is 1. The Morgan fingerprint density at radius 1 is 0.921 bits per heavy atom. The van der Waals surface area contributed by atoms with Gasteiger partial charge in [-0.3, -0.25) is 9.78 Å². The normalized spacial score (nSPS) is 12.3. The van der Waals surface area contributed by atoms with Gasteiger partial charge in [-0.15, -0.1) is 0 Å². The first-order valence-corrected chi connectivity index (χ1v) is 12.9. The zero-order valence-electron chi connectivity index (χ0n) is 21.7. The van der Waals surface area contributed by atoms with Crippen LogP contribution in [0.15, 0.2) is 85.2 Å². The summed E-state index contributed by atoms with van der Waals surface area (Å²) in [5.74, 6) is -2.11. The van der Waals surface area contributed by atoms with Gasteiger partial charge in [-0.1, -0.05) is 85.3 Å². The average Bonchev–Trinajstić information content (AvgIpc) is 2.93. The highest BCUT2D eigenvalue weighted by Gasteiger charge is 2.28. The summed E-state index contributed by atoms with van der Waals surface area (Å²) in [7, 11) is 1.96. The molecule has 0 amide bonds. The summed E-state index contributed by atoms with van der Waals surface area (Å²) < 4.78 is 27.7. The molecule has 0 bridgehead atoms. The number of hydrogen-bond acceptors (Lipinski definition) is 4. The molecule has 4 aromatic rings. The molecule has 0 aliphatic heterocycles. The van der Waals surface area contributed by atoms with Crippen molar-refractivity contribution in [2.45, 2.75) is 45.1 Å². The Kier molecular flexibility index (Phi) is 8.52. The predicted molar refractivity (Wildman–Crippen MR) is 149 cm³/mol. The molecule has 4 nitrogen and oxygen atoms in total. The maximum absolute atomic E-state index is 13.8. The van der Waals surface area contributed by atoms with Crippen molar-refractivity contribution in [3.63, 3.8) is 0 Å². The minimum Gasteiger partial charge on any atom is -0.351 e. The van der Waals surface area contributed by atoms with Crippen molar-refractivity contribution >= 4 is 23.2 Å². The molecule has 3 aromatic carbocycles. The fraction of sp³-hybridized carbons (Fsp3) is 0.258. The van der Waals surface area contributed by atoms with Crippen molar-refractivity contribution in [1.82, 2.24) is 9.97 Å². The number of ketones is 1. The molecule has 0 saturated carbocycles. The van der Waals surface area contributed by atoms with Crippen LogP contribution in [0, 0.1) is 0 Å². The third-order valence-corrected chi connectivity index (χ3v) is 7.14. The van der Waals surface area contributed by atoms with E-state index in [0.29, 0.717) is 5.02 Å². The molecule has 0 fully saturated rings. The van der Waals surface area contributed by atoms with Gasteiger partial charge >= 0.3 is 0 Å². The summed E-state index contributed by atoms with van der Waals surface area (Å²) in [6.07, 6.45) is 3.51. The molecule has 196 valence electrons. The molecule has 1 aromatic heterocycles. The predicted octanol–water partition coefficient (Wildman–Crippen LogP) is 7.85. The van der Waals surface area contributed by atoms with Crippen molar-refractivity contribution in [3.8, 4) is 11.3 Å². The van der Waals surface area contributed by atoms with Gasteiger partial charge in [-0.2, -0.15) is 0 Å². The number of benzene rings is 3. The Labute approximate surface area is 227 Å². The molecule has 1 heterocycles. The summed E-state index contributed by atoms with van der Waals surface area (Å²) in [4.78, 5) is 23.9. The van der Waals surface area contributed by atoms with Gasteiger partial charge in [0.1, 0.15) is 11.5 Å². The largest absolute Gasteiger partial charge is 0.351 e. The van der Waals surface area contributed by atoms with Gasteiger partial charge in [-0.25, -0.2) is 13.8 Å². The van der Waals surface area contributed by atoms with Crippen molar-refractivity contribution in [2.75, 3.05) is 11.9 Å². The van der Waals surface area contributed by atoms with Crippen molar-refractivity contribution in [2.24, 2.45) is 0 Å². The molecule has 0 N–H and O–H groups in total. The maximum Gasteiger partial charge on any atom is 0.273 e. The number of hydrogen-bond donors (Lipinski definition) is 0. The smallest absolute Gasteiger partial charge is 0.273 e. The lowest BCUT2D eigenvalue weighted by atomic mass is 9.99. The number of carbonyl (C=O) groups is 1.